The summed E-state index contributed by atoms with van der Waals surface area (Å²) in [6, 6.07) is 3.96. The molecule has 1 aromatic rings. The van der Waals surface area contributed by atoms with E-state index in [0.29, 0.717) is 0 Å². The molecular weight excluding hydrogens is 162 g/mol. The fourth-order valence-electron chi connectivity index (χ4n) is 0.553. The van der Waals surface area contributed by atoms with Crippen LogP contribution in [0.3, 0.4) is 0 Å². The molecule has 0 spiro atoms. The molecule has 0 aliphatic rings. The lowest BCUT2D eigenvalue weighted by Gasteiger charge is -1.88. The average Bonchev–Trinajstić information content (AvgIpc) is 2.31. The first-order chi connectivity index (χ1) is 4.83. The van der Waals surface area contributed by atoms with Crippen molar-refractivity contribution in [3.8, 4) is 0 Å². The van der Waals surface area contributed by atoms with Gasteiger partial charge in [-0.25, -0.2) is 0 Å². The highest BCUT2D eigenvalue weighted by Gasteiger charge is 1.94. The molecule has 0 aromatic carbocycles. The fraction of sp³-hybridized carbons (Fsp3) is 0.143. The molecule has 1 rings (SSSR count). The number of hydrogen-bond donors (Lipinski definition) is 1. The highest BCUT2D eigenvalue weighted by atomic mass is 32.2. The van der Waals surface area contributed by atoms with Gasteiger partial charge in [-0.2, -0.15) is 0 Å². The van der Waals surface area contributed by atoms with E-state index in [1.165, 1.54) is 4.21 Å². The van der Waals surface area contributed by atoms with Crippen molar-refractivity contribution in [3.63, 3.8) is 0 Å². The first-order valence-corrected chi connectivity index (χ1v) is 4.72. The largest absolute Gasteiger partial charge is 0.391 e. The Balaban J connectivity index is 2.49. The number of thiophene rings is 1. The van der Waals surface area contributed by atoms with Crippen molar-refractivity contribution in [2.75, 3.05) is 11.5 Å². The first kappa shape index (κ1) is 7.69. The Morgan fingerprint density at radius 2 is 2.50 bits per heavy atom. The summed E-state index contributed by atoms with van der Waals surface area (Å²) in [5.41, 5.74) is 5.53. The lowest BCUT2D eigenvalue weighted by atomic mass is 10.6. The van der Waals surface area contributed by atoms with E-state index in [4.69, 9.17) is 5.73 Å². The Hall–Kier alpha value is -0.410. The summed E-state index contributed by atoms with van der Waals surface area (Å²) in [5.74, 6) is 0.958. The van der Waals surface area contributed by atoms with Crippen LogP contribution in [0.5, 0.6) is 0 Å². The van der Waals surface area contributed by atoms with E-state index < -0.39 is 0 Å². The molecule has 1 aromatic heterocycles. The predicted octanol–water partition coefficient (Wildman–Crippen LogP) is 2.61. The normalized spacial score (nSPS) is 9.60. The van der Waals surface area contributed by atoms with Crippen LogP contribution in [0.15, 0.2) is 29.0 Å². The smallest absolute Gasteiger partial charge is 0.0868 e. The third kappa shape index (κ3) is 2.08. The maximum absolute atomic E-state index is 5.53. The number of anilines is 1. The van der Waals surface area contributed by atoms with Crippen LogP contribution in [-0.2, 0) is 0 Å². The van der Waals surface area contributed by atoms with Gasteiger partial charge in [0.25, 0.3) is 0 Å². The molecule has 0 bridgehead atoms. The van der Waals surface area contributed by atoms with Gasteiger partial charge in [0, 0.05) is 5.75 Å². The number of hydrogen-bond acceptors (Lipinski definition) is 3. The van der Waals surface area contributed by atoms with Crippen LogP contribution in [-0.4, -0.2) is 5.75 Å². The van der Waals surface area contributed by atoms with Gasteiger partial charge in [0.15, 0.2) is 0 Å². The van der Waals surface area contributed by atoms with Gasteiger partial charge in [-0.15, -0.1) is 29.7 Å². The van der Waals surface area contributed by atoms with Crippen LogP contribution in [0.25, 0.3) is 0 Å². The second kappa shape index (κ2) is 3.68. The molecule has 1 heterocycles. The minimum atomic E-state index is 0.881. The summed E-state index contributed by atoms with van der Waals surface area (Å²) >= 11 is 3.38. The zero-order valence-electron chi connectivity index (χ0n) is 5.54. The Bertz CT molecular complexity index is 217. The zero-order valence-corrected chi connectivity index (χ0v) is 7.17. The highest BCUT2D eigenvalue weighted by Crippen LogP contribution is 2.28. The summed E-state index contributed by atoms with van der Waals surface area (Å²) in [6.45, 7) is 3.64. The van der Waals surface area contributed by atoms with Crippen molar-refractivity contribution in [2.45, 2.75) is 4.21 Å². The van der Waals surface area contributed by atoms with Crippen molar-refractivity contribution in [1.29, 1.82) is 0 Å². The molecule has 0 saturated heterocycles. The number of rotatable bonds is 3. The topological polar surface area (TPSA) is 26.0 Å². The molecular formula is C7H9NS2. The summed E-state index contributed by atoms with van der Waals surface area (Å²) in [6.07, 6.45) is 1.89. The van der Waals surface area contributed by atoms with Crippen LogP contribution in [0, 0.1) is 0 Å². The molecule has 0 aliphatic carbocycles. The molecule has 10 heavy (non-hydrogen) atoms. The number of nitrogen functional groups attached to an aromatic ring is 1. The molecule has 0 radical (unpaired) electrons. The van der Waals surface area contributed by atoms with Crippen LogP contribution >= 0.6 is 23.1 Å². The van der Waals surface area contributed by atoms with Crippen molar-refractivity contribution in [1.82, 2.24) is 0 Å². The predicted molar refractivity (Wildman–Crippen MR) is 49.7 cm³/mol. The molecule has 0 aliphatic heterocycles. The van der Waals surface area contributed by atoms with Crippen LogP contribution in [0.1, 0.15) is 0 Å². The Labute approximate surface area is 68.9 Å². The molecule has 1 nitrogen and oxygen atoms in total. The van der Waals surface area contributed by atoms with Crippen LogP contribution < -0.4 is 5.73 Å². The molecule has 0 saturated carbocycles. The lowest BCUT2D eigenvalue weighted by Crippen LogP contribution is -1.72. The third-order valence-corrected chi connectivity index (χ3v) is 3.08. The molecule has 0 atom stereocenters. The van der Waals surface area contributed by atoms with E-state index in [2.05, 4.69) is 6.58 Å². The van der Waals surface area contributed by atoms with Crippen molar-refractivity contribution < 1.29 is 0 Å². The number of thioether (sulfide) groups is 1. The maximum Gasteiger partial charge on any atom is 0.0868 e. The molecule has 3 heteroatoms. The first-order valence-electron chi connectivity index (χ1n) is 2.92. The molecule has 54 valence electrons. The number of nitrogens with two attached hydrogens (primary N) is 1. The molecule has 0 unspecified atom stereocenters. The Kier molecular flexibility index (Phi) is 2.83. The summed E-state index contributed by atoms with van der Waals surface area (Å²) in [4.78, 5) is 0. The second-order valence-electron chi connectivity index (χ2n) is 1.76. The summed E-state index contributed by atoms with van der Waals surface area (Å²) < 4.78 is 1.26. The van der Waals surface area contributed by atoms with Gasteiger partial charge in [0.1, 0.15) is 0 Å². The molecule has 2 N–H and O–H groups in total. The van der Waals surface area contributed by atoms with Gasteiger partial charge in [-0.3, -0.25) is 0 Å². The standard InChI is InChI=1S/C7H9NS2/c1-2-5-9-7-4-3-6(8)10-7/h2-4H,1,5,8H2. The minimum Gasteiger partial charge on any atom is -0.391 e. The van der Waals surface area contributed by atoms with E-state index in [1.807, 2.05) is 18.2 Å². The van der Waals surface area contributed by atoms with Gasteiger partial charge < -0.3 is 5.73 Å². The average molecular weight is 171 g/mol. The lowest BCUT2D eigenvalue weighted by molar-refractivity contribution is 1.70. The van der Waals surface area contributed by atoms with Gasteiger partial charge in [-0.05, 0) is 12.1 Å². The fourth-order valence-corrected chi connectivity index (χ4v) is 2.23. The van der Waals surface area contributed by atoms with E-state index in [1.54, 1.807) is 23.1 Å². The van der Waals surface area contributed by atoms with E-state index in [-0.39, 0.29) is 0 Å². The van der Waals surface area contributed by atoms with Crippen molar-refractivity contribution in [3.05, 3.63) is 24.8 Å². The van der Waals surface area contributed by atoms with E-state index >= 15 is 0 Å². The van der Waals surface area contributed by atoms with Gasteiger partial charge >= 0.3 is 0 Å². The second-order valence-corrected chi connectivity index (χ2v) is 4.19. The van der Waals surface area contributed by atoms with E-state index in [0.717, 1.165) is 10.8 Å². The monoisotopic (exact) mass is 171 g/mol. The van der Waals surface area contributed by atoms with Gasteiger partial charge in [0.05, 0.1) is 9.21 Å². The summed E-state index contributed by atoms with van der Waals surface area (Å²) in [5, 5.41) is 0.881. The highest BCUT2D eigenvalue weighted by molar-refractivity contribution is 8.01. The van der Waals surface area contributed by atoms with Crippen LogP contribution in [0.4, 0.5) is 5.00 Å². The minimum absolute atomic E-state index is 0.881. The van der Waals surface area contributed by atoms with Crippen molar-refractivity contribution in [2.24, 2.45) is 0 Å². The zero-order chi connectivity index (χ0) is 7.40. The summed E-state index contributed by atoms with van der Waals surface area (Å²) in [7, 11) is 0. The maximum atomic E-state index is 5.53. The quantitative estimate of drug-likeness (QED) is 0.559. The van der Waals surface area contributed by atoms with E-state index in [9.17, 15) is 0 Å². The van der Waals surface area contributed by atoms with Crippen LogP contribution in [0.2, 0.25) is 0 Å². The SMILES string of the molecule is C=CCSc1ccc(N)s1. The third-order valence-electron chi connectivity index (χ3n) is 0.946. The molecule has 0 amide bonds. The van der Waals surface area contributed by atoms with Crippen molar-refractivity contribution >= 4 is 28.1 Å². The Morgan fingerprint density at radius 1 is 1.70 bits per heavy atom. The Morgan fingerprint density at radius 3 is 3.00 bits per heavy atom. The van der Waals surface area contributed by atoms with Gasteiger partial charge in [-0.1, -0.05) is 6.08 Å². The van der Waals surface area contributed by atoms with Gasteiger partial charge in [0.2, 0.25) is 0 Å². The molecule has 0 fully saturated rings.